The Balaban J connectivity index is 1.90. The Bertz CT molecular complexity index is 911. The van der Waals surface area contributed by atoms with Crippen molar-refractivity contribution in [2.24, 2.45) is 5.92 Å². The van der Waals surface area contributed by atoms with Gasteiger partial charge >= 0.3 is 0 Å². The van der Waals surface area contributed by atoms with E-state index >= 15 is 0 Å². The highest BCUT2D eigenvalue weighted by atomic mass is 32.1. The molecule has 0 aliphatic carbocycles. The molecule has 5 nitrogen and oxygen atoms in total. The van der Waals surface area contributed by atoms with Gasteiger partial charge in [0.2, 0.25) is 4.77 Å². The molecule has 0 spiro atoms. The molecule has 0 saturated heterocycles. The SMILES string of the molecule is COc1ccc(-c2nn(C[NH+](C)Cc3ccsc3)c(=S)n2CC(C)C)cc1. The first-order valence-corrected chi connectivity index (χ1v) is 10.5. The first kappa shape index (κ1) is 19.8. The highest BCUT2D eigenvalue weighted by molar-refractivity contribution is 7.71. The summed E-state index contributed by atoms with van der Waals surface area (Å²) in [7, 11) is 3.85. The summed E-state index contributed by atoms with van der Waals surface area (Å²) < 4.78 is 10.2. The monoisotopic (exact) mass is 403 g/mol. The Morgan fingerprint density at radius 1 is 1.22 bits per heavy atom. The maximum atomic E-state index is 5.77. The van der Waals surface area contributed by atoms with Crippen LogP contribution >= 0.6 is 23.6 Å². The topological polar surface area (TPSA) is 36.4 Å². The zero-order chi connectivity index (χ0) is 19.4. The lowest BCUT2D eigenvalue weighted by Crippen LogP contribution is -3.06. The summed E-state index contributed by atoms with van der Waals surface area (Å²) in [6.07, 6.45) is 0. The minimum Gasteiger partial charge on any atom is -0.497 e. The van der Waals surface area contributed by atoms with Gasteiger partial charge in [-0.05, 0) is 59.2 Å². The molecule has 3 rings (SSSR count). The van der Waals surface area contributed by atoms with Crippen LogP contribution in [0, 0.1) is 10.7 Å². The molecular formula is C20H27N4OS2+. The quantitative estimate of drug-likeness (QED) is 0.585. The summed E-state index contributed by atoms with van der Waals surface area (Å²) in [6, 6.07) is 10.2. The summed E-state index contributed by atoms with van der Waals surface area (Å²) in [5.74, 6) is 2.24. The van der Waals surface area contributed by atoms with Crippen LogP contribution in [0.1, 0.15) is 19.4 Å². The molecule has 7 heteroatoms. The maximum Gasteiger partial charge on any atom is 0.203 e. The van der Waals surface area contributed by atoms with E-state index in [4.69, 9.17) is 22.1 Å². The number of thiophene rings is 1. The normalized spacial score (nSPS) is 12.5. The molecule has 0 bridgehead atoms. The second-order valence-electron chi connectivity index (χ2n) is 7.26. The Labute approximate surface area is 169 Å². The van der Waals surface area contributed by atoms with Gasteiger partial charge in [0.25, 0.3) is 0 Å². The van der Waals surface area contributed by atoms with Gasteiger partial charge in [0.05, 0.1) is 14.2 Å². The number of ether oxygens (including phenoxy) is 1. The van der Waals surface area contributed by atoms with Gasteiger partial charge in [0.1, 0.15) is 12.3 Å². The number of quaternary nitrogens is 1. The largest absolute Gasteiger partial charge is 0.497 e. The molecule has 1 unspecified atom stereocenters. The number of benzene rings is 1. The van der Waals surface area contributed by atoms with Gasteiger partial charge in [-0.15, -0.1) is 5.10 Å². The van der Waals surface area contributed by atoms with Crippen molar-refractivity contribution in [2.75, 3.05) is 14.2 Å². The fraction of sp³-hybridized carbons (Fsp3) is 0.400. The summed E-state index contributed by atoms with van der Waals surface area (Å²) in [4.78, 5) is 1.35. The van der Waals surface area contributed by atoms with E-state index in [2.05, 4.69) is 42.3 Å². The number of aromatic nitrogens is 3. The first-order chi connectivity index (χ1) is 13.0. The van der Waals surface area contributed by atoms with Gasteiger partial charge < -0.3 is 9.64 Å². The minimum atomic E-state index is 0.488. The van der Waals surface area contributed by atoms with Crippen molar-refractivity contribution in [3.8, 4) is 17.1 Å². The van der Waals surface area contributed by atoms with Crippen LogP contribution in [0.25, 0.3) is 11.4 Å². The number of nitrogens with one attached hydrogen (secondary N) is 1. The standard InChI is InChI=1S/C20H26N4OS2/c1-15(2)11-23-19(17-5-7-18(25-4)8-6-17)21-24(20(23)26)14-22(3)12-16-9-10-27-13-16/h5-10,13,15H,11-12,14H2,1-4H3/p+1. The number of hydrogen-bond donors (Lipinski definition) is 1. The maximum absolute atomic E-state index is 5.77. The fourth-order valence-corrected chi connectivity index (χ4v) is 4.02. The lowest BCUT2D eigenvalue weighted by atomic mass is 10.2. The molecule has 2 heterocycles. The van der Waals surface area contributed by atoms with Gasteiger partial charge in [0, 0.05) is 17.7 Å². The van der Waals surface area contributed by atoms with Crippen molar-refractivity contribution in [1.82, 2.24) is 14.3 Å². The highest BCUT2D eigenvalue weighted by Gasteiger charge is 2.16. The number of methoxy groups -OCH3 is 1. The smallest absolute Gasteiger partial charge is 0.203 e. The van der Waals surface area contributed by atoms with Gasteiger partial charge in [-0.2, -0.15) is 16.0 Å². The van der Waals surface area contributed by atoms with E-state index in [1.54, 1.807) is 18.4 Å². The predicted molar refractivity (Wildman–Crippen MR) is 113 cm³/mol. The van der Waals surface area contributed by atoms with Crippen LogP contribution in [0.3, 0.4) is 0 Å². The van der Waals surface area contributed by atoms with Crippen LogP contribution in [0.5, 0.6) is 5.75 Å². The Morgan fingerprint density at radius 2 is 1.96 bits per heavy atom. The second kappa shape index (κ2) is 8.82. The van der Waals surface area contributed by atoms with Gasteiger partial charge in [0.15, 0.2) is 12.5 Å². The number of nitrogens with zero attached hydrogens (tertiary/aromatic N) is 3. The van der Waals surface area contributed by atoms with E-state index in [1.165, 1.54) is 10.5 Å². The van der Waals surface area contributed by atoms with Crippen molar-refractivity contribution in [2.45, 2.75) is 33.6 Å². The van der Waals surface area contributed by atoms with Crippen molar-refractivity contribution in [1.29, 1.82) is 0 Å². The molecule has 27 heavy (non-hydrogen) atoms. The molecule has 0 radical (unpaired) electrons. The van der Waals surface area contributed by atoms with Crippen LogP contribution < -0.4 is 9.64 Å². The van der Waals surface area contributed by atoms with Gasteiger partial charge in [-0.3, -0.25) is 4.57 Å². The van der Waals surface area contributed by atoms with E-state index in [9.17, 15) is 0 Å². The first-order valence-electron chi connectivity index (χ1n) is 9.12. The van der Waals surface area contributed by atoms with Gasteiger partial charge in [-0.25, -0.2) is 0 Å². The van der Waals surface area contributed by atoms with E-state index in [0.717, 1.165) is 41.7 Å². The summed E-state index contributed by atoms with van der Waals surface area (Å²) in [6.45, 7) is 6.95. The van der Waals surface area contributed by atoms with E-state index in [-0.39, 0.29) is 0 Å². The molecule has 0 amide bonds. The molecule has 1 atom stereocenters. The molecule has 1 N–H and O–H groups in total. The average Bonchev–Trinajstić information content (AvgIpc) is 3.25. The minimum absolute atomic E-state index is 0.488. The van der Waals surface area contributed by atoms with Crippen molar-refractivity contribution < 1.29 is 9.64 Å². The van der Waals surface area contributed by atoms with E-state index in [1.807, 2.05) is 28.9 Å². The molecule has 0 aliphatic heterocycles. The number of hydrogen-bond acceptors (Lipinski definition) is 4. The van der Waals surface area contributed by atoms with Crippen LogP contribution in [-0.4, -0.2) is 28.5 Å². The molecule has 3 aromatic rings. The third-order valence-electron chi connectivity index (χ3n) is 4.32. The van der Waals surface area contributed by atoms with Crippen LogP contribution in [0.2, 0.25) is 0 Å². The van der Waals surface area contributed by atoms with Crippen LogP contribution in [0.4, 0.5) is 0 Å². The highest BCUT2D eigenvalue weighted by Crippen LogP contribution is 2.22. The fourth-order valence-electron chi connectivity index (χ4n) is 3.08. The predicted octanol–water partition coefficient (Wildman–Crippen LogP) is 3.48. The van der Waals surface area contributed by atoms with Gasteiger partial charge in [-0.1, -0.05) is 13.8 Å². The van der Waals surface area contributed by atoms with Crippen molar-refractivity contribution >= 4 is 23.6 Å². The molecule has 144 valence electrons. The summed E-state index contributed by atoms with van der Waals surface area (Å²) in [5.41, 5.74) is 2.40. The Hall–Kier alpha value is -1.96. The molecule has 1 aromatic carbocycles. The summed E-state index contributed by atoms with van der Waals surface area (Å²) in [5, 5.41) is 9.19. The van der Waals surface area contributed by atoms with E-state index in [0.29, 0.717) is 5.92 Å². The molecule has 0 saturated carbocycles. The third-order valence-corrected chi connectivity index (χ3v) is 5.49. The molecular weight excluding hydrogens is 376 g/mol. The molecule has 2 aromatic heterocycles. The number of rotatable bonds is 8. The summed E-state index contributed by atoms with van der Waals surface area (Å²) >= 11 is 7.51. The molecule has 0 fully saturated rings. The average molecular weight is 404 g/mol. The Morgan fingerprint density at radius 3 is 2.56 bits per heavy atom. The van der Waals surface area contributed by atoms with Crippen molar-refractivity contribution in [3.63, 3.8) is 0 Å². The lowest BCUT2D eigenvalue weighted by molar-refractivity contribution is -0.917. The third kappa shape index (κ3) is 4.86. The Kier molecular flexibility index (Phi) is 6.46. The van der Waals surface area contributed by atoms with Crippen LogP contribution in [0.15, 0.2) is 41.1 Å². The van der Waals surface area contributed by atoms with Crippen molar-refractivity contribution in [3.05, 3.63) is 51.4 Å². The lowest BCUT2D eigenvalue weighted by Gasteiger charge is -2.12. The van der Waals surface area contributed by atoms with Crippen LogP contribution in [-0.2, 0) is 19.8 Å². The second-order valence-corrected chi connectivity index (χ2v) is 8.41. The van der Waals surface area contributed by atoms with E-state index < -0.39 is 0 Å². The molecule has 0 aliphatic rings. The zero-order valence-corrected chi connectivity index (χ0v) is 17.9. The zero-order valence-electron chi connectivity index (χ0n) is 16.3.